The second-order valence-electron chi connectivity index (χ2n) is 7.77. The minimum atomic E-state index is -0.434. The number of pyridine rings is 1. The fourth-order valence-electron chi connectivity index (χ4n) is 4.22. The van der Waals surface area contributed by atoms with Crippen LogP contribution in [-0.2, 0) is 16.1 Å². The summed E-state index contributed by atoms with van der Waals surface area (Å²) >= 11 is 1.69. The van der Waals surface area contributed by atoms with Gasteiger partial charge in [0.05, 0.1) is 0 Å². The number of nitrogens with zero attached hydrogens (tertiary/aromatic N) is 2. The van der Waals surface area contributed by atoms with Crippen LogP contribution in [0.4, 0.5) is 0 Å². The van der Waals surface area contributed by atoms with Crippen LogP contribution in [0.1, 0.15) is 48.6 Å². The molecule has 2 fully saturated rings. The molecule has 0 bridgehead atoms. The molecule has 152 valence electrons. The zero-order valence-corrected chi connectivity index (χ0v) is 17.3. The second-order valence-corrected chi connectivity index (χ2v) is 8.88. The molecule has 1 aromatic carbocycles. The average Bonchev–Trinajstić information content (AvgIpc) is 3.24. The Bertz CT molecular complexity index is 825. The molecule has 1 saturated heterocycles. The number of rotatable bonds is 5. The number of hydrogen-bond acceptors (Lipinski definition) is 4. The molecule has 29 heavy (non-hydrogen) atoms. The lowest BCUT2D eigenvalue weighted by Crippen LogP contribution is -2.49. The average molecular weight is 410 g/mol. The highest BCUT2D eigenvalue weighted by molar-refractivity contribution is 7.99. The predicted molar refractivity (Wildman–Crippen MR) is 115 cm³/mol. The van der Waals surface area contributed by atoms with Gasteiger partial charge in [0.15, 0.2) is 0 Å². The van der Waals surface area contributed by atoms with Gasteiger partial charge in [-0.1, -0.05) is 55.7 Å². The van der Waals surface area contributed by atoms with E-state index in [9.17, 15) is 9.59 Å². The maximum Gasteiger partial charge on any atom is 0.243 e. The highest BCUT2D eigenvalue weighted by atomic mass is 32.2. The first-order valence-electron chi connectivity index (χ1n) is 10.4. The zero-order chi connectivity index (χ0) is 20.1. The van der Waals surface area contributed by atoms with Gasteiger partial charge in [0, 0.05) is 30.6 Å². The van der Waals surface area contributed by atoms with Crippen molar-refractivity contribution >= 4 is 23.6 Å². The van der Waals surface area contributed by atoms with Gasteiger partial charge in [-0.3, -0.25) is 14.6 Å². The summed E-state index contributed by atoms with van der Waals surface area (Å²) in [6.07, 6.45) is 8.75. The van der Waals surface area contributed by atoms with Crippen LogP contribution in [0.15, 0.2) is 54.9 Å². The minimum Gasteiger partial charge on any atom is -0.350 e. The lowest BCUT2D eigenvalue weighted by Gasteiger charge is -2.33. The molecule has 1 aromatic heterocycles. The Hall–Kier alpha value is -2.34. The molecule has 1 N–H and O–H groups in total. The number of benzene rings is 1. The summed E-state index contributed by atoms with van der Waals surface area (Å²) in [6, 6.07) is 13.4. The molecule has 2 atom stereocenters. The van der Waals surface area contributed by atoms with Crippen LogP contribution in [0.25, 0.3) is 0 Å². The van der Waals surface area contributed by atoms with Crippen molar-refractivity contribution in [2.24, 2.45) is 5.92 Å². The van der Waals surface area contributed by atoms with Crippen LogP contribution in [0, 0.1) is 5.92 Å². The van der Waals surface area contributed by atoms with E-state index in [-0.39, 0.29) is 23.1 Å². The van der Waals surface area contributed by atoms with Crippen LogP contribution in [0.2, 0.25) is 0 Å². The van der Waals surface area contributed by atoms with E-state index in [1.807, 2.05) is 35.2 Å². The Kier molecular flexibility index (Phi) is 6.49. The van der Waals surface area contributed by atoms with Gasteiger partial charge in [-0.15, -0.1) is 11.8 Å². The van der Waals surface area contributed by atoms with Gasteiger partial charge in [-0.25, -0.2) is 0 Å². The van der Waals surface area contributed by atoms with E-state index in [0.717, 1.165) is 36.8 Å². The molecular formula is C23H27N3O2S. The molecule has 1 saturated carbocycles. The third kappa shape index (κ3) is 4.64. The van der Waals surface area contributed by atoms with Crippen molar-refractivity contribution in [1.29, 1.82) is 0 Å². The molecule has 0 spiro atoms. The molecule has 2 aromatic rings. The molecule has 1 aliphatic carbocycles. The summed E-state index contributed by atoms with van der Waals surface area (Å²) in [7, 11) is 0. The fourth-order valence-corrected chi connectivity index (χ4v) is 5.66. The SMILES string of the molecule is O=C(NCc1cccnc1)C1CSC(c2ccccc2)N1C(=O)C1CCCCC1. The molecular weight excluding hydrogens is 382 g/mol. The largest absolute Gasteiger partial charge is 0.350 e. The Morgan fingerprint density at radius 2 is 1.86 bits per heavy atom. The van der Waals surface area contributed by atoms with Gasteiger partial charge >= 0.3 is 0 Å². The number of aromatic nitrogens is 1. The van der Waals surface area contributed by atoms with E-state index in [2.05, 4.69) is 22.4 Å². The molecule has 4 rings (SSSR count). The summed E-state index contributed by atoms with van der Waals surface area (Å²) in [5, 5.41) is 2.92. The first kappa shape index (κ1) is 20.0. The standard InChI is InChI=1S/C23H27N3O2S/c27-21(25-15-17-8-7-13-24-14-17)20-16-29-23(19-11-5-2-6-12-19)26(20)22(28)18-9-3-1-4-10-18/h2,5-8,11-14,18,20,23H,1,3-4,9-10,15-16H2,(H,25,27). The van der Waals surface area contributed by atoms with Gasteiger partial charge in [0.1, 0.15) is 11.4 Å². The number of nitrogens with one attached hydrogen (secondary N) is 1. The number of carbonyl (C=O) groups is 2. The Balaban J connectivity index is 1.52. The van der Waals surface area contributed by atoms with Crippen molar-refractivity contribution in [3.05, 3.63) is 66.0 Å². The Morgan fingerprint density at radius 1 is 1.07 bits per heavy atom. The maximum atomic E-state index is 13.5. The molecule has 2 unspecified atom stereocenters. The van der Waals surface area contributed by atoms with Gasteiger partial charge in [-0.2, -0.15) is 0 Å². The van der Waals surface area contributed by atoms with Crippen molar-refractivity contribution < 1.29 is 9.59 Å². The third-order valence-corrected chi connectivity index (χ3v) is 7.11. The van der Waals surface area contributed by atoms with E-state index in [4.69, 9.17) is 0 Å². The summed E-state index contributed by atoms with van der Waals surface area (Å²) in [5.74, 6) is 0.730. The van der Waals surface area contributed by atoms with E-state index >= 15 is 0 Å². The van der Waals surface area contributed by atoms with Crippen LogP contribution < -0.4 is 5.32 Å². The highest BCUT2D eigenvalue weighted by Gasteiger charge is 2.44. The van der Waals surface area contributed by atoms with Crippen LogP contribution in [-0.4, -0.2) is 33.5 Å². The van der Waals surface area contributed by atoms with Crippen molar-refractivity contribution in [3.63, 3.8) is 0 Å². The smallest absolute Gasteiger partial charge is 0.243 e. The van der Waals surface area contributed by atoms with E-state index in [1.165, 1.54) is 6.42 Å². The van der Waals surface area contributed by atoms with E-state index in [0.29, 0.717) is 12.3 Å². The lowest BCUT2D eigenvalue weighted by atomic mass is 9.88. The van der Waals surface area contributed by atoms with Crippen LogP contribution >= 0.6 is 11.8 Å². The normalized spacial score (nSPS) is 22.4. The van der Waals surface area contributed by atoms with Crippen LogP contribution in [0.5, 0.6) is 0 Å². The molecule has 2 heterocycles. The monoisotopic (exact) mass is 409 g/mol. The third-order valence-electron chi connectivity index (χ3n) is 5.79. The van der Waals surface area contributed by atoms with Gasteiger partial charge in [-0.05, 0) is 30.0 Å². The zero-order valence-electron chi connectivity index (χ0n) is 16.5. The maximum absolute atomic E-state index is 13.5. The second kappa shape index (κ2) is 9.44. The number of amides is 2. The highest BCUT2D eigenvalue weighted by Crippen LogP contribution is 2.43. The van der Waals surface area contributed by atoms with Gasteiger partial charge in [0.25, 0.3) is 0 Å². The summed E-state index contributed by atoms with van der Waals surface area (Å²) in [6.45, 7) is 0.426. The number of carbonyl (C=O) groups excluding carboxylic acids is 2. The molecule has 5 nitrogen and oxygen atoms in total. The van der Waals surface area contributed by atoms with Gasteiger partial charge in [0.2, 0.25) is 11.8 Å². The molecule has 2 aliphatic rings. The van der Waals surface area contributed by atoms with Crippen molar-refractivity contribution in [3.8, 4) is 0 Å². The van der Waals surface area contributed by atoms with E-state index in [1.54, 1.807) is 24.2 Å². The topological polar surface area (TPSA) is 62.3 Å². The molecule has 2 amide bonds. The summed E-state index contributed by atoms with van der Waals surface area (Å²) < 4.78 is 0. The summed E-state index contributed by atoms with van der Waals surface area (Å²) in [5.41, 5.74) is 2.04. The summed E-state index contributed by atoms with van der Waals surface area (Å²) in [4.78, 5) is 32.5. The molecule has 1 aliphatic heterocycles. The van der Waals surface area contributed by atoms with E-state index < -0.39 is 6.04 Å². The Morgan fingerprint density at radius 3 is 2.59 bits per heavy atom. The first-order valence-corrected chi connectivity index (χ1v) is 11.4. The van der Waals surface area contributed by atoms with Crippen molar-refractivity contribution in [2.75, 3.05) is 5.75 Å². The minimum absolute atomic E-state index is 0.0438. The first-order chi connectivity index (χ1) is 14.2. The molecule has 0 radical (unpaired) electrons. The molecule has 6 heteroatoms. The number of hydrogen-bond donors (Lipinski definition) is 1. The number of thioether (sulfide) groups is 1. The quantitative estimate of drug-likeness (QED) is 0.813. The van der Waals surface area contributed by atoms with Gasteiger partial charge < -0.3 is 10.2 Å². The lowest BCUT2D eigenvalue weighted by molar-refractivity contribution is -0.144. The Labute approximate surface area is 176 Å². The van der Waals surface area contributed by atoms with Crippen LogP contribution in [0.3, 0.4) is 0 Å². The van der Waals surface area contributed by atoms with Crippen molar-refractivity contribution in [2.45, 2.75) is 50.1 Å². The van der Waals surface area contributed by atoms with Crippen molar-refractivity contribution in [1.82, 2.24) is 15.2 Å². The fraction of sp³-hybridized carbons (Fsp3) is 0.435. The predicted octanol–water partition coefficient (Wildman–Crippen LogP) is 3.92.